The first kappa shape index (κ1) is 10.0. The average molecular weight is 216 g/mol. The maximum Gasteiger partial charge on any atom is 0.356 e. The molecule has 80 valence electrons. The largest absolute Gasteiger partial charge is 0.476 e. The highest BCUT2D eigenvalue weighted by Crippen LogP contribution is 2.18. The van der Waals surface area contributed by atoms with Crippen LogP contribution >= 0.6 is 0 Å². The number of aromatic carboxylic acids is 1. The second-order valence-corrected chi connectivity index (χ2v) is 3.07. The molecule has 6 nitrogen and oxygen atoms in total. The molecule has 2 rings (SSSR count). The zero-order valence-corrected chi connectivity index (χ0v) is 8.16. The van der Waals surface area contributed by atoms with Crippen LogP contribution in [0.15, 0.2) is 30.9 Å². The fourth-order valence-electron chi connectivity index (χ4n) is 1.23. The molecular formula is C10H8N4O2. The predicted molar refractivity (Wildman–Crippen MR) is 56.6 cm³/mol. The fraction of sp³-hybridized carbons (Fsp3) is 0. The Balaban J connectivity index is 2.52. The van der Waals surface area contributed by atoms with Gasteiger partial charge in [0.05, 0.1) is 11.4 Å². The summed E-state index contributed by atoms with van der Waals surface area (Å²) in [6.07, 6.45) is 4.49. The number of pyridine rings is 1. The second kappa shape index (κ2) is 3.93. The summed E-state index contributed by atoms with van der Waals surface area (Å²) in [5.41, 5.74) is 6.58. The molecule has 0 spiro atoms. The van der Waals surface area contributed by atoms with Gasteiger partial charge in [-0.25, -0.2) is 19.7 Å². The third-order valence-electron chi connectivity index (χ3n) is 1.99. The summed E-state index contributed by atoms with van der Waals surface area (Å²) >= 11 is 0. The lowest BCUT2D eigenvalue weighted by molar-refractivity contribution is 0.0692. The number of hydrogen-bond acceptors (Lipinski definition) is 5. The average Bonchev–Trinajstić information content (AvgIpc) is 2.30. The molecule has 0 amide bonds. The molecule has 0 radical (unpaired) electrons. The first-order valence-electron chi connectivity index (χ1n) is 4.43. The van der Waals surface area contributed by atoms with E-state index in [1.54, 1.807) is 18.5 Å². The van der Waals surface area contributed by atoms with Gasteiger partial charge in [-0.15, -0.1) is 0 Å². The van der Waals surface area contributed by atoms with E-state index in [1.165, 1.54) is 12.4 Å². The van der Waals surface area contributed by atoms with Gasteiger partial charge in [0.1, 0.15) is 6.33 Å². The van der Waals surface area contributed by atoms with Crippen LogP contribution < -0.4 is 5.73 Å². The minimum atomic E-state index is -1.16. The molecule has 3 N–H and O–H groups in total. The minimum Gasteiger partial charge on any atom is -0.476 e. The van der Waals surface area contributed by atoms with Crippen LogP contribution in [0, 0.1) is 0 Å². The molecule has 2 aromatic heterocycles. The molecule has 0 fully saturated rings. The molecule has 0 bridgehead atoms. The number of aromatic nitrogens is 3. The third-order valence-corrected chi connectivity index (χ3v) is 1.99. The second-order valence-electron chi connectivity index (χ2n) is 3.07. The van der Waals surface area contributed by atoms with Crippen LogP contribution in [0.1, 0.15) is 10.5 Å². The van der Waals surface area contributed by atoms with Gasteiger partial charge in [0.2, 0.25) is 0 Å². The van der Waals surface area contributed by atoms with E-state index in [0.717, 1.165) is 0 Å². The van der Waals surface area contributed by atoms with E-state index < -0.39 is 5.97 Å². The number of carboxylic acid groups (broad SMARTS) is 1. The van der Waals surface area contributed by atoms with Crippen LogP contribution in [0.4, 0.5) is 5.69 Å². The Hall–Kier alpha value is -2.50. The van der Waals surface area contributed by atoms with Crippen LogP contribution in [0.25, 0.3) is 11.3 Å². The lowest BCUT2D eigenvalue weighted by Gasteiger charge is -2.03. The fourth-order valence-corrected chi connectivity index (χ4v) is 1.23. The van der Waals surface area contributed by atoms with Crippen molar-refractivity contribution in [3.63, 3.8) is 0 Å². The summed E-state index contributed by atoms with van der Waals surface area (Å²) in [7, 11) is 0. The highest BCUT2D eigenvalue weighted by atomic mass is 16.4. The Kier molecular flexibility index (Phi) is 2.47. The van der Waals surface area contributed by atoms with Crippen molar-refractivity contribution in [2.75, 3.05) is 5.73 Å². The number of rotatable bonds is 2. The standard InChI is InChI=1S/C10H8N4O2/c11-7-1-2-8(14-9(7)10(15)16)6-3-12-5-13-4-6/h1-5H,11H2,(H,15,16). The van der Waals surface area contributed by atoms with Gasteiger partial charge in [-0.3, -0.25) is 0 Å². The van der Waals surface area contributed by atoms with E-state index in [4.69, 9.17) is 10.8 Å². The first-order chi connectivity index (χ1) is 7.68. The van der Waals surface area contributed by atoms with Crippen molar-refractivity contribution in [3.8, 4) is 11.3 Å². The lowest BCUT2D eigenvalue weighted by atomic mass is 10.2. The summed E-state index contributed by atoms with van der Waals surface area (Å²) in [6, 6.07) is 3.12. The molecule has 0 aliphatic rings. The molecule has 2 heterocycles. The van der Waals surface area contributed by atoms with Crippen molar-refractivity contribution in [2.24, 2.45) is 0 Å². The molecule has 0 saturated carbocycles. The van der Waals surface area contributed by atoms with Crippen molar-refractivity contribution in [1.29, 1.82) is 0 Å². The van der Waals surface area contributed by atoms with Crippen LogP contribution in [0.5, 0.6) is 0 Å². The number of carbonyl (C=O) groups is 1. The van der Waals surface area contributed by atoms with Crippen molar-refractivity contribution in [1.82, 2.24) is 15.0 Å². The summed E-state index contributed by atoms with van der Waals surface area (Å²) < 4.78 is 0. The Labute approximate surface area is 90.8 Å². The van der Waals surface area contributed by atoms with E-state index in [9.17, 15) is 4.79 Å². The lowest BCUT2D eigenvalue weighted by Crippen LogP contribution is -2.06. The van der Waals surface area contributed by atoms with E-state index in [2.05, 4.69) is 15.0 Å². The first-order valence-corrected chi connectivity index (χ1v) is 4.43. The predicted octanol–water partition coefficient (Wildman–Crippen LogP) is 0.819. The molecule has 0 unspecified atom stereocenters. The molecule has 0 atom stereocenters. The van der Waals surface area contributed by atoms with Crippen LogP contribution in [-0.2, 0) is 0 Å². The SMILES string of the molecule is Nc1ccc(-c2cncnc2)nc1C(=O)O. The zero-order chi connectivity index (χ0) is 11.5. The van der Waals surface area contributed by atoms with E-state index in [-0.39, 0.29) is 11.4 Å². The molecule has 0 aliphatic carbocycles. The van der Waals surface area contributed by atoms with Gasteiger partial charge in [-0.2, -0.15) is 0 Å². The molecule has 0 aliphatic heterocycles. The summed E-state index contributed by atoms with van der Waals surface area (Å²) in [4.78, 5) is 22.4. The molecule has 0 aromatic carbocycles. The summed E-state index contributed by atoms with van der Waals surface area (Å²) in [5, 5.41) is 8.86. The highest BCUT2D eigenvalue weighted by molar-refractivity contribution is 5.92. The maximum atomic E-state index is 10.8. The van der Waals surface area contributed by atoms with Crippen LogP contribution in [0.3, 0.4) is 0 Å². The topological polar surface area (TPSA) is 102 Å². The number of anilines is 1. The van der Waals surface area contributed by atoms with Gasteiger partial charge in [0.25, 0.3) is 0 Å². The summed E-state index contributed by atoms with van der Waals surface area (Å²) in [6.45, 7) is 0. The smallest absolute Gasteiger partial charge is 0.356 e. The Morgan fingerprint density at radius 1 is 1.25 bits per heavy atom. The zero-order valence-electron chi connectivity index (χ0n) is 8.16. The molecule has 0 saturated heterocycles. The van der Waals surface area contributed by atoms with Gasteiger partial charge >= 0.3 is 5.97 Å². The normalized spacial score (nSPS) is 10.0. The number of nitrogens with two attached hydrogens (primary N) is 1. The molecule has 16 heavy (non-hydrogen) atoms. The molecule has 6 heteroatoms. The molecule has 2 aromatic rings. The van der Waals surface area contributed by atoms with Crippen LogP contribution in [0.2, 0.25) is 0 Å². The van der Waals surface area contributed by atoms with E-state index in [1.807, 2.05) is 0 Å². The Morgan fingerprint density at radius 2 is 1.94 bits per heavy atom. The van der Waals surface area contributed by atoms with E-state index in [0.29, 0.717) is 11.3 Å². The Bertz CT molecular complexity index is 528. The van der Waals surface area contributed by atoms with Crippen molar-refractivity contribution >= 4 is 11.7 Å². The van der Waals surface area contributed by atoms with Crippen molar-refractivity contribution in [3.05, 3.63) is 36.5 Å². The van der Waals surface area contributed by atoms with Crippen molar-refractivity contribution in [2.45, 2.75) is 0 Å². The van der Waals surface area contributed by atoms with Gasteiger partial charge in [0.15, 0.2) is 5.69 Å². The van der Waals surface area contributed by atoms with Gasteiger partial charge in [0, 0.05) is 18.0 Å². The molecular weight excluding hydrogens is 208 g/mol. The third kappa shape index (κ3) is 1.81. The highest BCUT2D eigenvalue weighted by Gasteiger charge is 2.11. The number of carboxylic acids is 1. The Morgan fingerprint density at radius 3 is 2.56 bits per heavy atom. The van der Waals surface area contributed by atoms with Crippen LogP contribution in [-0.4, -0.2) is 26.0 Å². The van der Waals surface area contributed by atoms with Crippen molar-refractivity contribution < 1.29 is 9.90 Å². The number of hydrogen-bond donors (Lipinski definition) is 2. The monoisotopic (exact) mass is 216 g/mol. The van der Waals surface area contributed by atoms with E-state index >= 15 is 0 Å². The number of nitrogens with zero attached hydrogens (tertiary/aromatic N) is 3. The summed E-state index contributed by atoms with van der Waals surface area (Å²) in [5.74, 6) is -1.16. The quantitative estimate of drug-likeness (QED) is 0.770. The van der Waals surface area contributed by atoms with Gasteiger partial charge < -0.3 is 10.8 Å². The number of nitrogen functional groups attached to an aromatic ring is 1. The minimum absolute atomic E-state index is 0.132. The van der Waals surface area contributed by atoms with Gasteiger partial charge in [-0.1, -0.05) is 0 Å². The van der Waals surface area contributed by atoms with Gasteiger partial charge in [-0.05, 0) is 12.1 Å². The maximum absolute atomic E-state index is 10.8.